The molecule has 2 aromatic rings. The zero-order valence-electron chi connectivity index (χ0n) is 15.4. The Morgan fingerprint density at radius 1 is 1.15 bits per heavy atom. The SMILES string of the molecule is Cc1ccc(C2CC(C(=O)Nc3ccc(N4CCOCC4)cn3)NN2)cc1. The highest BCUT2D eigenvalue weighted by atomic mass is 16.5. The molecule has 0 bridgehead atoms. The Kier molecular flexibility index (Phi) is 5.33. The molecule has 2 fully saturated rings. The van der Waals surface area contributed by atoms with Crippen molar-refractivity contribution in [2.75, 3.05) is 36.5 Å². The molecule has 7 nitrogen and oxygen atoms in total. The molecule has 2 atom stereocenters. The van der Waals surface area contributed by atoms with E-state index in [0.29, 0.717) is 12.2 Å². The lowest BCUT2D eigenvalue weighted by atomic mass is 10.0. The smallest absolute Gasteiger partial charge is 0.244 e. The molecule has 2 aliphatic rings. The Morgan fingerprint density at radius 2 is 1.93 bits per heavy atom. The molecule has 0 spiro atoms. The topological polar surface area (TPSA) is 78.5 Å². The maximum Gasteiger partial charge on any atom is 0.244 e. The summed E-state index contributed by atoms with van der Waals surface area (Å²) < 4.78 is 5.37. The second-order valence-corrected chi connectivity index (χ2v) is 7.03. The van der Waals surface area contributed by atoms with Gasteiger partial charge in [-0.25, -0.2) is 15.8 Å². The molecule has 2 saturated heterocycles. The van der Waals surface area contributed by atoms with Crippen LogP contribution in [0.4, 0.5) is 11.5 Å². The van der Waals surface area contributed by atoms with Crippen molar-refractivity contribution >= 4 is 17.4 Å². The first kappa shape index (κ1) is 17.9. The van der Waals surface area contributed by atoms with E-state index < -0.39 is 0 Å². The number of nitrogens with zero attached hydrogens (tertiary/aromatic N) is 2. The number of hydrazine groups is 1. The summed E-state index contributed by atoms with van der Waals surface area (Å²) in [5, 5.41) is 2.90. The van der Waals surface area contributed by atoms with E-state index >= 15 is 0 Å². The van der Waals surface area contributed by atoms with Crippen molar-refractivity contribution in [1.82, 2.24) is 15.8 Å². The Bertz CT molecular complexity index is 772. The summed E-state index contributed by atoms with van der Waals surface area (Å²) in [6.45, 7) is 5.27. The van der Waals surface area contributed by atoms with Crippen LogP contribution in [0.15, 0.2) is 42.6 Å². The normalized spacial score (nSPS) is 22.6. The number of anilines is 2. The first-order chi connectivity index (χ1) is 13.2. The molecule has 0 aliphatic carbocycles. The van der Waals surface area contributed by atoms with Crippen molar-refractivity contribution in [3.63, 3.8) is 0 Å². The number of pyridine rings is 1. The molecule has 4 rings (SSSR count). The molecule has 7 heteroatoms. The van der Waals surface area contributed by atoms with E-state index in [4.69, 9.17) is 4.74 Å². The summed E-state index contributed by atoms with van der Waals surface area (Å²) >= 11 is 0. The fourth-order valence-electron chi connectivity index (χ4n) is 3.43. The number of hydrogen-bond donors (Lipinski definition) is 3. The minimum atomic E-state index is -0.294. The maximum absolute atomic E-state index is 12.6. The van der Waals surface area contributed by atoms with Crippen molar-refractivity contribution in [3.05, 3.63) is 53.7 Å². The third-order valence-electron chi connectivity index (χ3n) is 5.07. The summed E-state index contributed by atoms with van der Waals surface area (Å²) in [7, 11) is 0. The van der Waals surface area contributed by atoms with Gasteiger partial charge in [-0.1, -0.05) is 29.8 Å². The van der Waals surface area contributed by atoms with Gasteiger partial charge >= 0.3 is 0 Å². The van der Waals surface area contributed by atoms with Gasteiger partial charge in [0.05, 0.1) is 25.1 Å². The number of carbonyl (C=O) groups excluding carboxylic acids is 1. The number of nitrogens with one attached hydrogen (secondary N) is 3. The number of aryl methyl sites for hydroxylation is 1. The Hall–Kier alpha value is -2.48. The third kappa shape index (κ3) is 4.27. The number of ether oxygens (including phenoxy) is 1. The molecular weight excluding hydrogens is 342 g/mol. The van der Waals surface area contributed by atoms with Crippen LogP contribution in [0.5, 0.6) is 0 Å². The van der Waals surface area contributed by atoms with Gasteiger partial charge in [0.15, 0.2) is 0 Å². The number of morpholine rings is 1. The van der Waals surface area contributed by atoms with Crippen LogP contribution in [0.2, 0.25) is 0 Å². The molecule has 2 aliphatic heterocycles. The summed E-state index contributed by atoms with van der Waals surface area (Å²) in [5.41, 5.74) is 9.76. The van der Waals surface area contributed by atoms with Crippen molar-refractivity contribution in [2.45, 2.75) is 25.4 Å². The second kappa shape index (κ2) is 8.04. The first-order valence-electron chi connectivity index (χ1n) is 9.36. The van der Waals surface area contributed by atoms with E-state index in [-0.39, 0.29) is 18.0 Å². The molecule has 1 amide bonds. The molecule has 2 unspecified atom stereocenters. The zero-order valence-corrected chi connectivity index (χ0v) is 15.4. The highest BCUT2D eigenvalue weighted by molar-refractivity contribution is 5.94. The van der Waals surface area contributed by atoms with Crippen LogP contribution in [0.25, 0.3) is 0 Å². The second-order valence-electron chi connectivity index (χ2n) is 7.03. The van der Waals surface area contributed by atoms with Gasteiger partial charge in [0.2, 0.25) is 5.91 Å². The first-order valence-corrected chi connectivity index (χ1v) is 9.36. The fraction of sp³-hybridized carbons (Fsp3) is 0.400. The van der Waals surface area contributed by atoms with Gasteiger partial charge in [-0.3, -0.25) is 4.79 Å². The van der Waals surface area contributed by atoms with Gasteiger partial charge < -0.3 is 15.0 Å². The van der Waals surface area contributed by atoms with Crippen LogP contribution in [0.3, 0.4) is 0 Å². The molecule has 27 heavy (non-hydrogen) atoms. The maximum atomic E-state index is 12.6. The predicted molar refractivity (Wildman–Crippen MR) is 104 cm³/mol. The fourth-order valence-corrected chi connectivity index (χ4v) is 3.43. The number of rotatable bonds is 4. The Labute approximate surface area is 159 Å². The minimum absolute atomic E-state index is 0.0799. The van der Waals surface area contributed by atoms with Crippen LogP contribution in [0, 0.1) is 6.92 Å². The lowest BCUT2D eigenvalue weighted by Crippen LogP contribution is -2.39. The van der Waals surface area contributed by atoms with Gasteiger partial charge in [-0.2, -0.15) is 0 Å². The average Bonchev–Trinajstić information content (AvgIpc) is 3.20. The predicted octanol–water partition coefficient (Wildman–Crippen LogP) is 1.77. The van der Waals surface area contributed by atoms with Crippen molar-refractivity contribution in [1.29, 1.82) is 0 Å². The molecule has 3 N–H and O–H groups in total. The number of benzene rings is 1. The van der Waals surface area contributed by atoms with Gasteiger partial charge in [-0.05, 0) is 31.0 Å². The van der Waals surface area contributed by atoms with Gasteiger partial charge in [0.1, 0.15) is 11.9 Å². The molecule has 1 aromatic heterocycles. The van der Waals surface area contributed by atoms with Crippen LogP contribution in [-0.2, 0) is 9.53 Å². The minimum Gasteiger partial charge on any atom is -0.378 e. The lowest BCUT2D eigenvalue weighted by Gasteiger charge is -2.28. The van der Waals surface area contributed by atoms with Crippen LogP contribution in [0.1, 0.15) is 23.6 Å². The quantitative estimate of drug-likeness (QED) is 0.765. The standard InChI is InChI=1S/C20H25N5O2/c1-14-2-4-15(5-3-14)17-12-18(24-23-17)20(26)22-19-7-6-16(13-21-19)25-8-10-27-11-9-25/h2-7,13,17-18,23-24H,8-12H2,1H3,(H,21,22,26). The van der Waals surface area contributed by atoms with Crippen molar-refractivity contribution < 1.29 is 9.53 Å². The van der Waals surface area contributed by atoms with Crippen molar-refractivity contribution in [3.8, 4) is 0 Å². The monoisotopic (exact) mass is 367 g/mol. The van der Waals surface area contributed by atoms with E-state index in [9.17, 15) is 4.79 Å². The molecular formula is C20H25N5O2. The number of hydrogen-bond acceptors (Lipinski definition) is 6. The van der Waals surface area contributed by atoms with E-state index in [2.05, 4.69) is 57.2 Å². The Morgan fingerprint density at radius 3 is 2.63 bits per heavy atom. The lowest BCUT2D eigenvalue weighted by molar-refractivity contribution is -0.117. The highest BCUT2D eigenvalue weighted by Crippen LogP contribution is 2.23. The summed E-state index contributed by atoms with van der Waals surface area (Å²) in [4.78, 5) is 19.2. The van der Waals surface area contributed by atoms with E-state index in [1.54, 1.807) is 6.20 Å². The van der Waals surface area contributed by atoms with Crippen LogP contribution in [-0.4, -0.2) is 43.2 Å². The van der Waals surface area contributed by atoms with E-state index in [1.807, 2.05) is 12.1 Å². The highest BCUT2D eigenvalue weighted by Gasteiger charge is 2.30. The molecule has 1 aromatic carbocycles. The summed E-state index contributed by atoms with van der Waals surface area (Å²) in [6.07, 6.45) is 2.50. The summed E-state index contributed by atoms with van der Waals surface area (Å²) in [6, 6.07) is 12.0. The van der Waals surface area contributed by atoms with Gasteiger partial charge in [0, 0.05) is 19.1 Å². The largest absolute Gasteiger partial charge is 0.378 e. The molecule has 3 heterocycles. The Balaban J connectivity index is 1.33. The van der Waals surface area contributed by atoms with Crippen LogP contribution < -0.4 is 21.1 Å². The van der Waals surface area contributed by atoms with Gasteiger partial charge in [-0.15, -0.1) is 0 Å². The molecule has 0 saturated carbocycles. The number of amides is 1. The van der Waals surface area contributed by atoms with E-state index in [1.165, 1.54) is 11.1 Å². The zero-order chi connectivity index (χ0) is 18.6. The third-order valence-corrected chi connectivity index (χ3v) is 5.07. The van der Waals surface area contributed by atoms with Crippen LogP contribution >= 0.6 is 0 Å². The molecule has 142 valence electrons. The summed E-state index contributed by atoms with van der Waals surface area (Å²) in [5.74, 6) is 0.487. The average molecular weight is 367 g/mol. The van der Waals surface area contributed by atoms with E-state index in [0.717, 1.165) is 32.0 Å². The number of carbonyl (C=O) groups is 1. The van der Waals surface area contributed by atoms with Crippen molar-refractivity contribution in [2.24, 2.45) is 0 Å². The molecule has 0 radical (unpaired) electrons. The number of aromatic nitrogens is 1. The van der Waals surface area contributed by atoms with Gasteiger partial charge in [0.25, 0.3) is 0 Å².